The van der Waals surface area contributed by atoms with Crippen LogP contribution in [0, 0.1) is 0 Å². The van der Waals surface area contributed by atoms with Gasteiger partial charge in [-0.05, 0) is 18.2 Å². The van der Waals surface area contributed by atoms with Crippen LogP contribution in [0.5, 0.6) is 5.75 Å². The number of hydrogen-bond acceptors (Lipinski definition) is 6. The lowest BCUT2D eigenvalue weighted by molar-refractivity contribution is -0.151. The van der Waals surface area contributed by atoms with Gasteiger partial charge in [0.05, 0.1) is 7.11 Å². The molecule has 0 heterocycles. The van der Waals surface area contributed by atoms with Crippen molar-refractivity contribution in [1.82, 2.24) is 5.32 Å². The molecule has 0 aliphatic rings. The standard InChI is InChI=1S/C12H13NO6S2/c1-19-7-3-2-4-8(5-7)21-20-6-9(11(15)16)13-10(14)12(17)18/h2-5,9H,6H2,1H3,(H,13,14)(H,15,16)(H,17,18)/t9-/m1/s1. The molecule has 0 aliphatic carbocycles. The van der Waals surface area contributed by atoms with Crippen LogP contribution in [0.25, 0.3) is 0 Å². The van der Waals surface area contributed by atoms with Crippen molar-refractivity contribution in [2.24, 2.45) is 0 Å². The van der Waals surface area contributed by atoms with Crippen molar-refractivity contribution in [1.29, 1.82) is 0 Å². The first-order chi connectivity index (χ1) is 9.93. The van der Waals surface area contributed by atoms with E-state index in [0.29, 0.717) is 5.75 Å². The van der Waals surface area contributed by atoms with Gasteiger partial charge in [-0.25, -0.2) is 9.59 Å². The van der Waals surface area contributed by atoms with Crippen molar-refractivity contribution >= 4 is 39.4 Å². The second kappa shape index (κ2) is 8.42. The predicted molar refractivity (Wildman–Crippen MR) is 78.5 cm³/mol. The van der Waals surface area contributed by atoms with Gasteiger partial charge >= 0.3 is 17.8 Å². The number of carboxylic acid groups (broad SMARTS) is 2. The molecule has 1 rings (SSSR count). The number of benzene rings is 1. The SMILES string of the molecule is COc1cccc(SSC[C@@H](NC(=O)C(=O)O)C(=O)O)c1. The van der Waals surface area contributed by atoms with Gasteiger partial charge in [-0.3, -0.25) is 4.79 Å². The zero-order valence-electron chi connectivity index (χ0n) is 10.9. The summed E-state index contributed by atoms with van der Waals surface area (Å²) >= 11 is 0. The number of carbonyl (C=O) groups excluding carboxylic acids is 1. The van der Waals surface area contributed by atoms with Gasteiger partial charge in [0.25, 0.3) is 0 Å². The van der Waals surface area contributed by atoms with Crippen LogP contribution in [-0.2, 0) is 14.4 Å². The van der Waals surface area contributed by atoms with Crippen molar-refractivity contribution in [2.45, 2.75) is 10.9 Å². The summed E-state index contributed by atoms with van der Waals surface area (Å²) < 4.78 is 5.06. The quantitative estimate of drug-likeness (QED) is 0.503. The summed E-state index contributed by atoms with van der Waals surface area (Å²) in [5.74, 6) is -3.64. The third-order valence-electron chi connectivity index (χ3n) is 2.23. The van der Waals surface area contributed by atoms with Crippen LogP contribution >= 0.6 is 21.6 Å². The molecule has 0 saturated carbocycles. The maximum Gasteiger partial charge on any atom is 0.394 e. The van der Waals surface area contributed by atoms with E-state index < -0.39 is 23.9 Å². The molecule has 1 aromatic rings. The first-order valence-electron chi connectivity index (χ1n) is 5.64. The van der Waals surface area contributed by atoms with Crippen LogP contribution in [0.2, 0.25) is 0 Å². The largest absolute Gasteiger partial charge is 0.497 e. The Balaban J connectivity index is 2.52. The molecule has 0 bridgehead atoms. The lowest BCUT2D eigenvalue weighted by Gasteiger charge is -2.12. The van der Waals surface area contributed by atoms with E-state index in [1.54, 1.807) is 25.3 Å². The fraction of sp³-hybridized carbons (Fsp3) is 0.250. The van der Waals surface area contributed by atoms with Gasteiger partial charge in [0.15, 0.2) is 0 Å². The molecule has 0 unspecified atom stereocenters. The Kier molecular flexibility index (Phi) is 6.89. The zero-order chi connectivity index (χ0) is 15.8. The number of carbonyl (C=O) groups is 3. The third kappa shape index (κ3) is 5.96. The Morgan fingerprint density at radius 1 is 1.33 bits per heavy atom. The molecule has 0 spiro atoms. The van der Waals surface area contributed by atoms with Gasteiger partial charge in [0, 0.05) is 10.6 Å². The molecule has 9 heteroatoms. The molecule has 0 aliphatic heterocycles. The first-order valence-corrected chi connectivity index (χ1v) is 7.96. The molecule has 1 atom stereocenters. The molecule has 3 N–H and O–H groups in total. The summed E-state index contributed by atoms with van der Waals surface area (Å²) in [4.78, 5) is 33.2. The lowest BCUT2D eigenvalue weighted by Crippen LogP contribution is -2.45. The molecule has 114 valence electrons. The summed E-state index contributed by atoms with van der Waals surface area (Å²) in [5, 5.41) is 19.3. The summed E-state index contributed by atoms with van der Waals surface area (Å²) in [6.07, 6.45) is 0. The highest BCUT2D eigenvalue weighted by Gasteiger charge is 2.23. The molecule has 0 aromatic heterocycles. The molecular formula is C12H13NO6S2. The maximum atomic E-state index is 11.0. The minimum atomic E-state index is -1.72. The zero-order valence-corrected chi connectivity index (χ0v) is 12.6. The summed E-state index contributed by atoms with van der Waals surface area (Å²) in [6.45, 7) is 0. The first kappa shape index (κ1) is 17.2. The van der Waals surface area contributed by atoms with E-state index in [0.717, 1.165) is 4.90 Å². The Morgan fingerprint density at radius 3 is 2.62 bits per heavy atom. The lowest BCUT2D eigenvalue weighted by atomic mass is 10.3. The van der Waals surface area contributed by atoms with E-state index in [2.05, 4.69) is 0 Å². The highest BCUT2D eigenvalue weighted by Crippen LogP contribution is 2.33. The fourth-order valence-electron chi connectivity index (χ4n) is 1.22. The second-order valence-corrected chi connectivity index (χ2v) is 6.13. The molecule has 7 nitrogen and oxygen atoms in total. The van der Waals surface area contributed by atoms with Gasteiger partial charge < -0.3 is 20.3 Å². The fourth-order valence-corrected chi connectivity index (χ4v) is 3.41. The molecule has 0 saturated heterocycles. The van der Waals surface area contributed by atoms with Gasteiger partial charge in [-0.1, -0.05) is 27.7 Å². The molecule has 0 radical (unpaired) electrons. The number of methoxy groups -OCH3 is 1. The van der Waals surface area contributed by atoms with Crippen LogP contribution in [0.3, 0.4) is 0 Å². The highest BCUT2D eigenvalue weighted by molar-refractivity contribution is 8.76. The normalized spacial score (nSPS) is 11.5. The van der Waals surface area contributed by atoms with E-state index in [9.17, 15) is 14.4 Å². The average Bonchev–Trinajstić information content (AvgIpc) is 2.45. The topological polar surface area (TPSA) is 113 Å². The van der Waals surface area contributed by atoms with Crippen molar-refractivity contribution in [2.75, 3.05) is 12.9 Å². The van der Waals surface area contributed by atoms with Crippen LogP contribution in [0.1, 0.15) is 0 Å². The Morgan fingerprint density at radius 2 is 2.05 bits per heavy atom. The Labute approximate surface area is 128 Å². The maximum absolute atomic E-state index is 11.0. The number of rotatable bonds is 7. The predicted octanol–water partition coefficient (Wildman–Crippen LogP) is 1.09. The molecule has 1 aromatic carbocycles. The minimum absolute atomic E-state index is 0.0240. The van der Waals surface area contributed by atoms with E-state index >= 15 is 0 Å². The third-order valence-corrected chi connectivity index (χ3v) is 4.60. The van der Waals surface area contributed by atoms with Crippen LogP contribution in [-0.4, -0.2) is 47.0 Å². The number of ether oxygens (including phenoxy) is 1. The summed E-state index contributed by atoms with van der Waals surface area (Å²) in [6, 6.07) is 5.91. The van der Waals surface area contributed by atoms with Crippen LogP contribution in [0.4, 0.5) is 0 Å². The summed E-state index contributed by atoms with van der Waals surface area (Å²) in [5.41, 5.74) is 0. The molecule has 21 heavy (non-hydrogen) atoms. The second-order valence-electron chi connectivity index (χ2n) is 3.72. The minimum Gasteiger partial charge on any atom is -0.497 e. The summed E-state index contributed by atoms with van der Waals surface area (Å²) in [7, 11) is 4.03. The van der Waals surface area contributed by atoms with Crippen LogP contribution in [0.15, 0.2) is 29.2 Å². The van der Waals surface area contributed by atoms with Crippen LogP contribution < -0.4 is 10.1 Å². The Bertz CT molecular complexity index is 536. The average molecular weight is 331 g/mol. The van der Waals surface area contributed by atoms with Gasteiger partial charge in [0.2, 0.25) is 0 Å². The van der Waals surface area contributed by atoms with Gasteiger partial charge in [0.1, 0.15) is 11.8 Å². The van der Waals surface area contributed by atoms with Gasteiger partial charge in [-0.15, -0.1) is 0 Å². The van der Waals surface area contributed by atoms with E-state index in [1.807, 2.05) is 11.4 Å². The highest BCUT2D eigenvalue weighted by atomic mass is 33.1. The van der Waals surface area contributed by atoms with Crippen molar-refractivity contribution < 1.29 is 29.3 Å². The number of hydrogen-bond donors (Lipinski definition) is 3. The Hall–Kier alpha value is -1.87. The van der Waals surface area contributed by atoms with E-state index in [-0.39, 0.29) is 5.75 Å². The van der Waals surface area contributed by atoms with Crippen molar-refractivity contribution in [3.05, 3.63) is 24.3 Å². The number of carboxylic acids is 2. The van der Waals surface area contributed by atoms with Crippen molar-refractivity contribution in [3.63, 3.8) is 0 Å². The van der Waals surface area contributed by atoms with E-state index in [4.69, 9.17) is 14.9 Å². The molecular weight excluding hydrogens is 318 g/mol. The van der Waals surface area contributed by atoms with E-state index in [1.165, 1.54) is 21.6 Å². The van der Waals surface area contributed by atoms with Gasteiger partial charge in [-0.2, -0.15) is 0 Å². The monoisotopic (exact) mass is 331 g/mol. The molecule has 0 fully saturated rings. The number of nitrogens with one attached hydrogen (secondary N) is 1. The molecule has 1 amide bonds. The smallest absolute Gasteiger partial charge is 0.394 e. The number of aliphatic carboxylic acids is 2. The van der Waals surface area contributed by atoms with Crippen molar-refractivity contribution in [3.8, 4) is 5.75 Å². The number of amides is 1.